The van der Waals surface area contributed by atoms with Gasteiger partial charge in [0.25, 0.3) is 0 Å². The summed E-state index contributed by atoms with van der Waals surface area (Å²) in [5.41, 5.74) is 1.19. The number of imidazole rings is 1. The molecular weight excluding hydrogens is 198 g/mol. The lowest BCUT2D eigenvalue weighted by atomic mass is 9.84. The van der Waals surface area contributed by atoms with Crippen molar-refractivity contribution >= 4 is 0 Å². The molecule has 1 unspecified atom stereocenters. The molecule has 2 N–H and O–H groups in total. The van der Waals surface area contributed by atoms with Crippen LogP contribution in [0.4, 0.5) is 0 Å². The molecule has 0 bridgehead atoms. The van der Waals surface area contributed by atoms with Gasteiger partial charge in [0, 0.05) is 24.5 Å². The van der Waals surface area contributed by atoms with Gasteiger partial charge in [-0.25, -0.2) is 4.98 Å². The van der Waals surface area contributed by atoms with Gasteiger partial charge in [0.15, 0.2) is 0 Å². The van der Waals surface area contributed by atoms with Crippen LogP contribution < -0.4 is 5.32 Å². The molecule has 0 aromatic carbocycles. The maximum atomic E-state index is 4.21. The van der Waals surface area contributed by atoms with E-state index in [1.165, 1.54) is 37.8 Å². The molecule has 1 atom stereocenters. The van der Waals surface area contributed by atoms with Gasteiger partial charge in [-0.2, -0.15) is 0 Å². The van der Waals surface area contributed by atoms with Crippen LogP contribution in [0.5, 0.6) is 0 Å². The molecule has 0 aliphatic heterocycles. The fraction of sp³-hybridized carbons (Fsp3) is 0.769. The van der Waals surface area contributed by atoms with E-state index in [4.69, 9.17) is 0 Å². The number of hydrogen-bond acceptors (Lipinski definition) is 2. The quantitative estimate of drug-likeness (QED) is 0.820. The minimum atomic E-state index is 0.629. The summed E-state index contributed by atoms with van der Waals surface area (Å²) in [6.07, 6.45) is 8.99. The highest BCUT2D eigenvalue weighted by atomic mass is 15.0. The van der Waals surface area contributed by atoms with Crippen molar-refractivity contribution in [3.05, 3.63) is 17.7 Å². The molecule has 0 radical (unpaired) electrons. The Labute approximate surface area is 98.1 Å². The molecule has 1 aliphatic carbocycles. The Bertz CT molecular complexity index is 313. The average Bonchev–Trinajstić information content (AvgIpc) is 2.73. The lowest BCUT2D eigenvalue weighted by Crippen LogP contribution is -2.34. The second-order valence-corrected chi connectivity index (χ2v) is 5.06. The van der Waals surface area contributed by atoms with Crippen LogP contribution in [-0.2, 0) is 6.54 Å². The molecule has 0 saturated heterocycles. The predicted molar refractivity (Wildman–Crippen MR) is 66.2 cm³/mol. The first kappa shape index (κ1) is 11.6. The summed E-state index contributed by atoms with van der Waals surface area (Å²) in [5, 5.41) is 3.61. The zero-order chi connectivity index (χ0) is 11.4. The lowest BCUT2D eigenvalue weighted by Gasteiger charge is -2.28. The minimum absolute atomic E-state index is 0.629. The molecule has 3 nitrogen and oxygen atoms in total. The summed E-state index contributed by atoms with van der Waals surface area (Å²) < 4.78 is 0. The Balaban J connectivity index is 1.76. The molecule has 3 heteroatoms. The molecule has 1 saturated carbocycles. The van der Waals surface area contributed by atoms with Crippen LogP contribution in [0, 0.1) is 12.8 Å². The fourth-order valence-corrected chi connectivity index (χ4v) is 2.63. The Morgan fingerprint density at radius 2 is 2.19 bits per heavy atom. The van der Waals surface area contributed by atoms with Crippen molar-refractivity contribution in [3.8, 4) is 0 Å². The Hall–Kier alpha value is -0.830. The van der Waals surface area contributed by atoms with E-state index in [0.717, 1.165) is 18.3 Å². The number of H-pyrrole nitrogens is 1. The van der Waals surface area contributed by atoms with Gasteiger partial charge in [-0.1, -0.05) is 19.3 Å². The SMILES string of the molecule is Cc1ncc(CNC(C)C2CCCCC2)[nH]1. The van der Waals surface area contributed by atoms with Gasteiger partial charge >= 0.3 is 0 Å². The van der Waals surface area contributed by atoms with Gasteiger partial charge in [0.1, 0.15) is 5.82 Å². The van der Waals surface area contributed by atoms with Crippen molar-refractivity contribution in [1.82, 2.24) is 15.3 Å². The summed E-state index contributed by atoms with van der Waals surface area (Å²) >= 11 is 0. The molecule has 1 fully saturated rings. The van der Waals surface area contributed by atoms with Gasteiger partial charge < -0.3 is 10.3 Å². The first-order valence-corrected chi connectivity index (χ1v) is 6.49. The van der Waals surface area contributed by atoms with E-state index in [2.05, 4.69) is 22.2 Å². The number of hydrogen-bond donors (Lipinski definition) is 2. The lowest BCUT2D eigenvalue weighted by molar-refractivity contribution is 0.280. The zero-order valence-electron chi connectivity index (χ0n) is 10.4. The number of rotatable bonds is 4. The van der Waals surface area contributed by atoms with Crippen molar-refractivity contribution in [2.75, 3.05) is 0 Å². The molecule has 0 spiro atoms. The summed E-state index contributed by atoms with van der Waals surface area (Å²) in [7, 11) is 0. The Morgan fingerprint density at radius 1 is 1.44 bits per heavy atom. The second-order valence-electron chi connectivity index (χ2n) is 5.06. The van der Waals surface area contributed by atoms with E-state index in [0.29, 0.717) is 6.04 Å². The molecular formula is C13H23N3. The topological polar surface area (TPSA) is 40.7 Å². The largest absolute Gasteiger partial charge is 0.345 e. The van der Waals surface area contributed by atoms with Gasteiger partial charge in [-0.15, -0.1) is 0 Å². The van der Waals surface area contributed by atoms with E-state index >= 15 is 0 Å². The molecule has 1 aromatic heterocycles. The third-order valence-electron chi connectivity index (χ3n) is 3.73. The van der Waals surface area contributed by atoms with Gasteiger partial charge in [0.05, 0.1) is 0 Å². The number of aryl methyl sites for hydroxylation is 1. The van der Waals surface area contributed by atoms with Crippen molar-refractivity contribution in [2.45, 2.75) is 58.5 Å². The van der Waals surface area contributed by atoms with Crippen LogP contribution in [0.3, 0.4) is 0 Å². The normalized spacial score (nSPS) is 19.9. The second kappa shape index (κ2) is 5.48. The summed E-state index contributed by atoms with van der Waals surface area (Å²) in [6, 6.07) is 0.629. The third-order valence-corrected chi connectivity index (χ3v) is 3.73. The van der Waals surface area contributed by atoms with Crippen molar-refractivity contribution in [1.29, 1.82) is 0 Å². The highest BCUT2D eigenvalue weighted by Crippen LogP contribution is 2.26. The molecule has 1 heterocycles. The van der Waals surface area contributed by atoms with E-state index in [9.17, 15) is 0 Å². The zero-order valence-corrected chi connectivity index (χ0v) is 10.4. The van der Waals surface area contributed by atoms with Crippen LogP contribution in [0.2, 0.25) is 0 Å². The van der Waals surface area contributed by atoms with Gasteiger partial charge in [-0.3, -0.25) is 0 Å². The van der Waals surface area contributed by atoms with Crippen LogP contribution in [0.1, 0.15) is 50.5 Å². The molecule has 0 amide bonds. The first-order chi connectivity index (χ1) is 7.75. The van der Waals surface area contributed by atoms with E-state index < -0.39 is 0 Å². The molecule has 90 valence electrons. The molecule has 2 rings (SSSR count). The van der Waals surface area contributed by atoms with Crippen molar-refractivity contribution < 1.29 is 0 Å². The smallest absolute Gasteiger partial charge is 0.103 e. The van der Waals surface area contributed by atoms with Crippen LogP contribution >= 0.6 is 0 Å². The third kappa shape index (κ3) is 3.08. The first-order valence-electron chi connectivity index (χ1n) is 6.49. The number of nitrogens with one attached hydrogen (secondary N) is 2. The predicted octanol–water partition coefficient (Wildman–Crippen LogP) is 2.78. The van der Waals surface area contributed by atoms with Crippen LogP contribution in [0.15, 0.2) is 6.20 Å². The van der Waals surface area contributed by atoms with E-state index in [-0.39, 0.29) is 0 Å². The maximum Gasteiger partial charge on any atom is 0.103 e. The summed E-state index contributed by atoms with van der Waals surface area (Å²) in [5.74, 6) is 1.87. The van der Waals surface area contributed by atoms with E-state index in [1.54, 1.807) is 0 Å². The highest BCUT2D eigenvalue weighted by molar-refractivity contribution is 4.99. The minimum Gasteiger partial charge on any atom is -0.345 e. The number of nitrogens with zero attached hydrogens (tertiary/aromatic N) is 1. The monoisotopic (exact) mass is 221 g/mol. The van der Waals surface area contributed by atoms with E-state index in [1.807, 2.05) is 13.1 Å². The van der Waals surface area contributed by atoms with Crippen LogP contribution in [-0.4, -0.2) is 16.0 Å². The summed E-state index contributed by atoms with van der Waals surface area (Å²) in [6.45, 7) is 5.23. The van der Waals surface area contributed by atoms with Crippen molar-refractivity contribution in [3.63, 3.8) is 0 Å². The average molecular weight is 221 g/mol. The Morgan fingerprint density at radius 3 is 2.81 bits per heavy atom. The molecule has 16 heavy (non-hydrogen) atoms. The highest BCUT2D eigenvalue weighted by Gasteiger charge is 2.19. The van der Waals surface area contributed by atoms with Gasteiger partial charge in [-0.05, 0) is 32.6 Å². The Kier molecular flexibility index (Phi) is 3.99. The summed E-state index contributed by atoms with van der Waals surface area (Å²) in [4.78, 5) is 7.47. The number of aromatic nitrogens is 2. The van der Waals surface area contributed by atoms with Crippen molar-refractivity contribution in [2.24, 2.45) is 5.92 Å². The van der Waals surface area contributed by atoms with Gasteiger partial charge in [0.2, 0.25) is 0 Å². The standard InChI is InChI=1S/C13H23N3/c1-10(12-6-4-3-5-7-12)14-8-13-9-15-11(2)16-13/h9-10,12,14H,3-8H2,1-2H3,(H,15,16). The maximum absolute atomic E-state index is 4.21. The fourth-order valence-electron chi connectivity index (χ4n) is 2.63. The molecule has 1 aromatic rings. The molecule has 1 aliphatic rings. The number of aromatic amines is 1. The van der Waals surface area contributed by atoms with Crippen LogP contribution in [0.25, 0.3) is 0 Å².